The van der Waals surface area contributed by atoms with Crippen molar-refractivity contribution < 1.29 is 9.59 Å². The SMILES string of the molecule is CCC(CC)(C(=O)NNC(=O)c1ccc(-n2cnnn2)cc1)c1ccc(Cl)cc1. The molecule has 9 heteroatoms. The molecule has 150 valence electrons. The minimum Gasteiger partial charge on any atom is -0.272 e. The highest BCUT2D eigenvalue weighted by Gasteiger charge is 2.37. The molecule has 3 rings (SSSR count). The van der Waals surface area contributed by atoms with Crippen LogP contribution in [0.2, 0.25) is 5.02 Å². The van der Waals surface area contributed by atoms with E-state index in [0.717, 1.165) is 5.56 Å². The predicted molar refractivity (Wildman–Crippen MR) is 108 cm³/mol. The Hall–Kier alpha value is -3.26. The lowest BCUT2D eigenvalue weighted by Crippen LogP contribution is -2.51. The van der Waals surface area contributed by atoms with E-state index < -0.39 is 11.3 Å². The number of aromatic nitrogens is 4. The van der Waals surface area contributed by atoms with Crippen LogP contribution in [-0.2, 0) is 10.2 Å². The third-order valence-electron chi connectivity index (χ3n) is 5.07. The van der Waals surface area contributed by atoms with E-state index >= 15 is 0 Å². The zero-order valence-electron chi connectivity index (χ0n) is 16.1. The van der Waals surface area contributed by atoms with E-state index in [1.165, 1.54) is 11.0 Å². The summed E-state index contributed by atoms with van der Waals surface area (Å²) in [7, 11) is 0. The van der Waals surface area contributed by atoms with Crippen molar-refractivity contribution in [3.05, 3.63) is 71.0 Å². The van der Waals surface area contributed by atoms with Crippen molar-refractivity contribution in [3.63, 3.8) is 0 Å². The van der Waals surface area contributed by atoms with Crippen molar-refractivity contribution in [2.24, 2.45) is 0 Å². The molecule has 0 saturated carbocycles. The van der Waals surface area contributed by atoms with Gasteiger partial charge in [0, 0.05) is 10.6 Å². The first kappa shape index (κ1) is 20.5. The molecular weight excluding hydrogens is 392 g/mol. The zero-order valence-corrected chi connectivity index (χ0v) is 16.8. The topological polar surface area (TPSA) is 102 Å². The minimum atomic E-state index is -0.762. The van der Waals surface area contributed by atoms with Gasteiger partial charge in [-0.1, -0.05) is 37.6 Å². The molecule has 0 fully saturated rings. The lowest BCUT2D eigenvalue weighted by atomic mass is 9.75. The molecule has 0 bridgehead atoms. The summed E-state index contributed by atoms with van der Waals surface area (Å²) >= 11 is 5.97. The van der Waals surface area contributed by atoms with Gasteiger partial charge in [0.15, 0.2) is 0 Å². The van der Waals surface area contributed by atoms with E-state index in [4.69, 9.17) is 11.6 Å². The summed E-state index contributed by atoms with van der Waals surface area (Å²) in [5.41, 5.74) is 6.27. The number of halogens is 1. The fraction of sp³-hybridized carbons (Fsp3) is 0.250. The Kier molecular flexibility index (Phi) is 6.23. The first-order valence-corrected chi connectivity index (χ1v) is 9.58. The van der Waals surface area contributed by atoms with Crippen molar-refractivity contribution in [2.45, 2.75) is 32.1 Å². The molecule has 1 aromatic heterocycles. The molecule has 2 aromatic carbocycles. The fourth-order valence-electron chi connectivity index (χ4n) is 3.23. The standard InChI is InChI=1S/C20H21ClN6O2/c1-3-20(4-2,15-7-9-16(21)10-8-15)19(29)24-23-18(28)14-5-11-17(12-6-14)27-13-22-25-26-27/h5-13H,3-4H2,1-2H3,(H,23,28)(H,24,29). The molecule has 0 atom stereocenters. The second-order valence-electron chi connectivity index (χ2n) is 6.51. The summed E-state index contributed by atoms with van der Waals surface area (Å²) in [4.78, 5) is 25.4. The fourth-order valence-corrected chi connectivity index (χ4v) is 3.36. The number of rotatable bonds is 6. The summed E-state index contributed by atoms with van der Waals surface area (Å²) < 4.78 is 1.48. The van der Waals surface area contributed by atoms with E-state index in [2.05, 4.69) is 26.4 Å². The third kappa shape index (κ3) is 4.27. The predicted octanol–water partition coefficient (Wildman–Crippen LogP) is 2.83. The average Bonchev–Trinajstić information content (AvgIpc) is 3.29. The Labute approximate surface area is 173 Å². The molecule has 1 heterocycles. The molecule has 2 amide bonds. The van der Waals surface area contributed by atoms with Crippen LogP contribution in [0, 0.1) is 0 Å². The van der Waals surface area contributed by atoms with Crippen LogP contribution in [0.15, 0.2) is 54.9 Å². The lowest BCUT2D eigenvalue weighted by molar-refractivity contribution is -0.128. The van der Waals surface area contributed by atoms with Crippen molar-refractivity contribution in [2.75, 3.05) is 0 Å². The van der Waals surface area contributed by atoms with Gasteiger partial charge in [-0.3, -0.25) is 20.4 Å². The van der Waals surface area contributed by atoms with E-state index in [1.54, 1.807) is 36.4 Å². The molecule has 0 aliphatic heterocycles. The molecule has 0 radical (unpaired) electrons. The van der Waals surface area contributed by atoms with Gasteiger partial charge < -0.3 is 0 Å². The van der Waals surface area contributed by atoms with Crippen LogP contribution in [-0.4, -0.2) is 32.0 Å². The summed E-state index contributed by atoms with van der Waals surface area (Å²) in [6.07, 6.45) is 2.61. The van der Waals surface area contributed by atoms with Crippen molar-refractivity contribution in [3.8, 4) is 5.69 Å². The number of benzene rings is 2. The van der Waals surface area contributed by atoms with Gasteiger partial charge >= 0.3 is 0 Å². The summed E-state index contributed by atoms with van der Waals surface area (Å²) in [5, 5.41) is 11.5. The number of nitrogens with zero attached hydrogens (tertiary/aromatic N) is 4. The molecule has 0 aliphatic rings. The monoisotopic (exact) mass is 412 g/mol. The lowest BCUT2D eigenvalue weighted by Gasteiger charge is -2.31. The second kappa shape index (κ2) is 8.83. The molecule has 0 aliphatic carbocycles. The summed E-state index contributed by atoms with van der Waals surface area (Å²) in [6.45, 7) is 3.88. The maximum atomic E-state index is 13.0. The number of amides is 2. The molecule has 3 aromatic rings. The van der Waals surface area contributed by atoms with Crippen LogP contribution >= 0.6 is 11.6 Å². The number of hydrazine groups is 1. The number of nitrogens with one attached hydrogen (secondary N) is 2. The van der Waals surface area contributed by atoms with Gasteiger partial charge in [-0.2, -0.15) is 0 Å². The molecule has 0 spiro atoms. The highest BCUT2D eigenvalue weighted by atomic mass is 35.5. The van der Waals surface area contributed by atoms with Crippen LogP contribution in [0.5, 0.6) is 0 Å². The van der Waals surface area contributed by atoms with Gasteiger partial charge in [-0.25, -0.2) is 4.68 Å². The Morgan fingerprint density at radius 2 is 1.66 bits per heavy atom. The Morgan fingerprint density at radius 3 is 2.21 bits per heavy atom. The van der Waals surface area contributed by atoms with E-state index in [0.29, 0.717) is 29.1 Å². The van der Waals surface area contributed by atoms with Gasteiger partial charge in [0.25, 0.3) is 5.91 Å². The van der Waals surface area contributed by atoms with Gasteiger partial charge in [-0.15, -0.1) is 5.10 Å². The Morgan fingerprint density at radius 1 is 1.00 bits per heavy atom. The number of carbonyl (C=O) groups is 2. The average molecular weight is 413 g/mol. The molecular formula is C20H21ClN6O2. The number of tetrazole rings is 1. The smallest absolute Gasteiger partial charge is 0.269 e. The normalized spacial score (nSPS) is 11.1. The zero-order chi connectivity index (χ0) is 20.9. The first-order chi connectivity index (χ1) is 14.0. The van der Waals surface area contributed by atoms with Crippen LogP contribution in [0.25, 0.3) is 5.69 Å². The summed E-state index contributed by atoms with van der Waals surface area (Å²) in [5.74, 6) is -0.692. The first-order valence-electron chi connectivity index (χ1n) is 9.20. The third-order valence-corrected chi connectivity index (χ3v) is 5.32. The van der Waals surface area contributed by atoms with Gasteiger partial charge in [0.1, 0.15) is 6.33 Å². The van der Waals surface area contributed by atoms with Gasteiger partial charge in [0.2, 0.25) is 5.91 Å². The van der Waals surface area contributed by atoms with E-state index in [9.17, 15) is 9.59 Å². The van der Waals surface area contributed by atoms with E-state index in [-0.39, 0.29) is 5.91 Å². The van der Waals surface area contributed by atoms with Crippen molar-refractivity contribution in [1.82, 2.24) is 31.1 Å². The molecule has 8 nitrogen and oxygen atoms in total. The minimum absolute atomic E-state index is 0.275. The highest BCUT2D eigenvalue weighted by molar-refractivity contribution is 6.30. The Bertz CT molecular complexity index is 967. The van der Waals surface area contributed by atoms with E-state index in [1.807, 2.05) is 26.0 Å². The van der Waals surface area contributed by atoms with Crippen LogP contribution in [0.1, 0.15) is 42.6 Å². The molecule has 2 N–H and O–H groups in total. The molecule has 29 heavy (non-hydrogen) atoms. The Balaban J connectivity index is 1.69. The molecule has 0 saturated heterocycles. The van der Waals surface area contributed by atoms with Crippen LogP contribution in [0.3, 0.4) is 0 Å². The molecule has 0 unspecified atom stereocenters. The quantitative estimate of drug-likeness (QED) is 0.606. The van der Waals surface area contributed by atoms with Crippen LogP contribution in [0.4, 0.5) is 0 Å². The second-order valence-corrected chi connectivity index (χ2v) is 6.94. The maximum absolute atomic E-state index is 13.0. The van der Waals surface area contributed by atoms with Gasteiger partial charge in [0.05, 0.1) is 11.1 Å². The van der Waals surface area contributed by atoms with Gasteiger partial charge in [-0.05, 0) is 65.2 Å². The van der Waals surface area contributed by atoms with Crippen molar-refractivity contribution >= 4 is 23.4 Å². The number of carbonyl (C=O) groups excluding carboxylic acids is 2. The highest BCUT2D eigenvalue weighted by Crippen LogP contribution is 2.32. The summed E-state index contributed by atoms with van der Waals surface area (Å²) in [6, 6.07) is 13.9. The van der Waals surface area contributed by atoms with Crippen LogP contribution < -0.4 is 10.9 Å². The maximum Gasteiger partial charge on any atom is 0.269 e. The number of hydrogen-bond acceptors (Lipinski definition) is 5. The largest absolute Gasteiger partial charge is 0.272 e. The number of hydrogen-bond donors (Lipinski definition) is 2. The van der Waals surface area contributed by atoms with Crippen molar-refractivity contribution in [1.29, 1.82) is 0 Å².